The van der Waals surface area contributed by atoms with E-state index in [0.717, 1.165) is 42.3 Å². The molecule has 30 heavy (non-hydrogen) atoms. The molecule has 3 aromatic rings. The van der Waals surface area contributed by atoms with Crippen molar-refractivity contribution in [2.45, 2.75) is 25.7 Å². The van der Waals surface area contributed by atoms with Crippen molar-refractivity contribution in [1.29, 1.82) is 0 Å². The van der Waals surface area contributed by atoms with Gasteiger partial charge in [-0.1, -0.05) is 12.1 Å². The Bertz CT molecular complexity index is 1160. The Labute approximate surface area is 175 Å². The monoisotopic (exact) mass is 400 g/mol. The lowest BCUT2D eigenvalue weighted by Gasteiger charge is -2.26. The van der Waals surface area contributed by atoms with Crippen LogP contribution in [-0.4, -0.2) is 46.3 Å². The Hall–Kier alpha value is -3.41. The molecule has 1 aliphatic heterocycles. The Balaban J connectivity index is 1.19. The van der Waals surface area contributed by atoms with Crippen LogP contribution >= 0.6 is 0 Å². The highest BCUT2D eigenvalue weighted by Crippen LogP contribution is 2.28. The van der Waals surface area contributed by atoms with Gasteiger partial charge in [-0.15, -0.1) is 0 Å². The largest absolute Gasteiger partial charge is 0.346 e. The van der Waals surface area contributed by atoms with Gasteiger partial charge in [0.2, 0.25) is 5.91 Å². The third-order valence-electron chi connectivity index (χ3n) is 6.12. The molecule has 2 N–H and O–H groups in total. The van der Waals surface area contributed by atoms with Gasteiger partial charge in [-0.2, -0.15) is 0 Å². The summed E-state index contributed by atoms with van der Waals surface area (Å²) in [6.45, 7) is 1.22. The van der Waals surface area contributed by atoms with Gasteiger partial charge in [-0.25, -0.2) is 4.98 Å². The van der Waals surface area contributed by atoms with E-state index in [0.29, 0.717) is 18.7 Å². The van der Waals surface area contributed by atoms with Crippen LogP contribution in [0.25, 0.3) is 16.6 Å². The summed E-state index contributed by atoms with van der Waals surface area (Å²) < 4.78 is 0. The van der Waals surface area contributed by atoms with E-state index in [1.54, 1.807) is 11.1 Å². The highest BCUT2D eigenvalue weighted by atomic mass is 16.2. The number of hydrogen-bond donors (Lipinski definition) is 2. The molecule has 0 unspecified atom stereocenters. The first-order valence-electron chi connectivity index (χ1n) is 10.5. The summed E-state index contributed by atoms with van der Waals surface area (Å²) in [6, 6.07) is 9.85. The number of carbonyl (C=O) groups is 2. The molecular formula is C24H24N4O2. The molecular weight excluding hydrogens is 376 g/mol. The lowest BCUT2D eigenvalue weighted by Crippen LogP contribution is -2.42. The summed E-state index contributed by atoms with van der Waals surface area (Å²) in [5.74, 6) is -0.238. The molecule has 0 saturated heterocycles. The molecule has 0 atom stereocenters. The minimum absolute atomic E-state index is 0.0239. The van der Waals surface area contributed by atoms with E-state index in [1.165, 1.54) is 16.7 Å². The van der Waals surface area contributed by atoms with Gasteiger partial charge in [0, 0.05) is 42.0 Å². The molecule has 0 spiro atoms. The SMILES string of the molecule is O=C(NCC(=O)N1CC=C(c2c[nH]c3ncccc23)CC1)c1ccc2c(c1)CCC2. The number of fused-ring (bicyclic) bond motifs is 2. The Morgan fingerprint density at radius 3 is 2.90 bits per heavy atom. The lowest BCUT2D eigenvalue weighted by atomic mass is 9.99. The third kappa shape index (κ3) is 3.49. The number of aromatic nitrogens is 2. The minimum Gasteiger partial charge on any atom is -0.346 e. The van der Waals surface area contributed by atoms with Gasteiger partial charge in [0.15, 0.2) is 0 Å². The molecule has 6 heteroatoms. The van der Waals surface area contributed by atoms with E-state index in [4.69, 9.17) is 0 Å². The van der Waals surface area contributed by atoms with Crippen molar-refractivity contribution < 1.29 is 9.59 Å². The fourth-order valence-electron chi connectivity index (χ4n) is 4.44. The first-order chi connectivity index (χ1) is 14.7. The quantitative estimate of drug-likeness (QED) is 0.706. The van der Waals surface area contributed by atoms with Crippen LogP contribution in [0.2, 0.25) is 0 Å². The molecule has 152 valence electrons. The summed E-state index contributed by atoms with van der Waals surface area (Å²) in [7, 11) is 0. The van der Waals surface area contributed by atoms with Gasteiger partial charge in [-0.3, -0.25) is 9.59 Å². The van der Waals surface area contributed by atoms with Crippen LogP contribution in [0, 0.1) is 0 Å². The van der Waals surface area contributed by atoms with Crippen molar-refractivity contribution in [1.82, 2.24) is 20.2 Å². The summed E-state index contributed by atoms with van der Waals surface area (Å²) in [4.78, 5) is 34.4. The summed E-state index contributed by atoms with van der Waals surface area (Å²) in [6.07, 6.45) is 9.91. The Morgan fingerprint density at radius 1 is 1.13 bits per heavy atom. The normalized spacial score (nSPS) is 15.7. The highest BCUT2D eigenvalue weighted by Gasteiger charge is 2.20. The highest BCUT2D eigenvalue weighted by molar-refractivity contribution is 5.97. The van der Waals surface area contributed by atoms with Crippen LogP contribution < -0.4 is 5.32 Å². The maximum Gasteiger partial charge on any atom is 0.251 e. The smallest absolute Gasteiger partial charge is 0.251 e. The summed E-state index contributed by atoms with van der Waals surface area (Å²) in [5.41, 5.74) is 6.48. The Morgan fingerprint density at radius 2 is 2.03 bits per heavy atom. The molecule has 5 rings (SSSR count). The van der Waals surface area contributed by atoms with Crippen molar-refractivity contribution in [3.8, 4) is 0 Å². The van der Waals surface area contributed by atoms with Crippen LogP contribution in [0.4, 0.5) is 0 Å². The van der Waals surface area contributed by atoms with Crippen molar-refractivity contribution in [3.05, 3.63) is 71.1 Å². The fraction of sp³-hybridized carbons (Fsp3) is 0.292. The molecule has 1 aromatic carbocycles. The second-order valence-electron chi connectivity index (χ2n) is 7.94. The average molecular weight is 400 g/mol. The number of aromatic amines is 1. The second kappa shape index (κ2) is 7.78. The number of nitrogens with one attached hydrogen (secondary N) is 2. The maximum absolute atomic E-state index is 12.6. The van der Waals surface area contributed by atoms with Crippen LogP contribution in [0.15, 0.2) is 48.8 Å². The molecule has 0 saturated carbocycles. The van der Waals surface area contributed by atoms with Crippen LogP contribution in [0.1, 0.15) is 39.9 Å². The molecule has 2 aromatic heterocycles. The predicted molar refractivity (Wildman–Crippen MR) is 116 cm³/mol. The van der Waals surface area contributed by atoms with E-state index in [1.807, 2.05) is 30.5 Å². The zero-order chi connectivity index (χ0) is 20.5. The standard InChI is InChI=1S/C24H24N4O2/c29-22(15-27-24(30)19-7-6-16-3-1-4-18(16)13-19)28-11-8-17(9-12-28)21-14-26-23-20(21)5-2-10-25-23/h2,5-8,10,13-14H,1,3-4,9,11-12,15H2,(H,25,26)(H,27,30). The van der Waals surface area contributed by atoms with E-state index in [2.05, 4.69) is 27.4 Å². The number of benzene rings is 1. The second-order valence-corrected chi connectivity index (χ2v) is 7.94. The van der Waals surface area contributed by atoms with Gasteiger partial charge in [0.05, 0.1) is 6.54 Å². The van der Waals surface area contributed by atoms with Crippen LogP contribution in [-0.2, 0) is 17.6 Å². The third-order valence-corrected chi connectivity index (χ3v) is 6.12. The van der Waals surface area contributed by atoms with Gasteiger partial charge < -0.3 is 15.2 Å². The van der Waals surface area contributed by atoms with Crippen LogP contribution in [0.3, 0.4) is 0 Å². The van der Waals surface area contributed by atoms with E-state index < -0.39 is 0 Å². The summed E-state index contributed by atoms with van der Waals surface area (Å²) in [5, 5.41) is 3.89. The van der Waals surface area contributed by atoms with E-state index in [-0.39, 0.29) is 18.4 Å². The fourth-order valence-corrected chi connectivity index (χ4v) is 4.44. The molecule has 6 nitrogen and oxygen atoms in total. The molecule has 3 heterocycles. The number of rotatable bonds is 4. The predicted octanol–water partition coefficient (Wildman–Crippen LogP) is 3.10. The van der Waals surface area contributed by atoms with Gasteiger partial charge in [0.25, 0.3) is 5.91 Å². The minimum atomic E-state index is -0.183. The van der Waals surface area contributed by atoms with Gasteiger partial charge in [-0.05, 0) is 66.6 Å². The molecule has 0 radical (unpaired) electrons. The average Bonchev–Trinajstić information content (AvgIpc) is 3.43. The zero-order valence-electron chi connectivity index (χ0n) is 16.8. The van der Waals surface area contributed by atoms with E-state index >= 15 is 0 Å². The number of carbonyl (C=O) groups excluding carboxylic acids is 2. The van der Waals surface area contributed by atoms with Crippen molar-refractivity contribution in [2.24, 2.45) is 0 Å². The maximum atomic E-state index is 12.6. The van der Waals surface area contributed by atoms with Crippen molar-refractivity contribution in [2.75, 3.05) is 19.6 Å². The summed E-state index contributed by atoms with van der Waals surface area (Å²) >= 11 is 0. The number of nitrogens with zero attached hydrogens (tertiary/aromatic N) is 2. The van der Waals surface area contributed by atoms with Crippen molar-refractivity contribution in [3.63, 3.8) is 0 Å². The number of hydrogen-bond acceptors (Lipinski definition) is 3. The zero-order valence-corrected chi connectivity index (χ0v) is 16.8. The van der Waals surface area contributed by atoms with E-state index in [9.17, 15) is 9.59 Å². The molecule has 0 bridgehead atoms. The lowest BCUT2D eigenvalue weighted by molar-refractivity contribution is -0.129. The first-order valence-corrected chi connectivity index (χ1v) is 10.5. The molecule has 2 amide bonds. The molecule has 2 aliphatic rings. The first kappa shape index (κ1) is 18.6. The number of amides is 2. The topological polar surface area (TPSA) is 78.1 Å². The van der Waals surface area contributed by atoms with Crippen molar-refractivity contribution >= 4 is 28.4 Å². The molecule has 1 aliphatic carbocycles. The van der Waals surface area contributed by atoms with Gasteiger partial charge >= 0.3 is 0 Å². The van der Waals surface area contributed by atoms with Gasteiger partial charge in [0.1, 0.15) is 5.65 Å². The number of pyridine rings is 1. The Kier molecular flexibility index (Phi) is 4.83. The molecule has 0 fully saturated rings. The number of H-pyrrole nitrogens is 1. The van der Waals surface area contributed by atoms with Crippen LogP contribution in [0.5, 0.6) is 0 Å². The number of aryl methyl sites for hydroxylation is 2.